The fourth-order valence-corrected chi connectivity index (χ4v) is 3.79. The highest BCUT2D eigenvalue weighted by Crippen LogP contribution is 2.34. The van der Waals surface area contributed by atoms with E-state index in [1.165, 1.54) is 30.3 Å². The fraction of sp³-hybridized carbons (Fsp3) is 0. The van der Waals surface area contributed by atoms with E-state index in [2.05, 4.69) is 5.32 Å². The number of aromatic carboxylic acids is 1. The Bertz CT molecular complexity index is 1330. The third-order valence-electron chi connectivity index (χ3n) is 4.60. The van der Waals surface area contributed by atoms with Crippen molar-refractivity contribution in [3.63, 3.8) is 0 Å². The molecule has 160 valence electrons. The van der Waals surface area contributed by atoms with Crippen molar-refractivity contribution >= 4 is 70.1 Å². The second kappa shape index (κ2) is 8.58. The standard InChI is InChI=1S/C22H12Cl2N2O5S/c23-15-6-3-7-16(18(15)24)26-20(28)14(19(27)25-22(26)32)10-11-8-9-17(31-11)12-4-1-2-5-13(12)21(29)30/h1-10H,(H,29,30)(H,25,27,32)/p-1/b14-10-. The molecule has 32 heavy (non-hydrogen) atoms. The molecule has 1 aliphatic rings. The first-order valence-corrected chi connectivity index (χ1v) is 10.2. The molecule has 0 unspecified atom stereocenters. The van der Waals surface area contributed by atoms with Crippen LogP contribution in [0, 0.1) is 0 Å². The highest BCUT2D eigenvalue weighted by atomic mass is 35.5. The molecule has 1 N–H and O–H groups in total. The van der Waals surface area contributed by atoms with Crippen LogP contribution in [0.1, 0.15) is 16.1 Å². The monoisotopic (exact) mass is 485 g/mol. The molecule has 0 saturated carbocycles. The molecule has 1 aromatic heterocycles. The molecular weight excluding hydrogens is 475 g/mol. The zero-order valence-electron chi connectivity index (χ0n) is 15.9. The third-order valence-corrected chi connectivity index (χ3v) is 5.69. The summed E-state index contributed by atoms with van der Waals surface area (Å²) in [5.74, 6) is -2.43. The molecule has 1 aliphatic heterocycles. The van der Waals surface area contributed by atoms with Crippen LogP contribution in [0.25, 0.3) is 17.4 Å². The number of halogens is 2. The van der Waals surface area contributed by atoms with E-state index < -0.39 is 17.8 Å². The SMILES string of the molecule is O=C1NC(=S)N(c2cccc(Cl)c2Cl)C(=O)/C1=C\c1ccc(-c2ccccc2C(=O)[O-])o1. The van der Waals surface area contributed by atoms with Crippen molar-refractivity contribution in [1.82, 2.24) is 5.32 Å². The first kappa shape index (κ1) is 21.8. The van der Waals surface area contributed by atoms with Gasteiger partial charge in [0.2, 0.25) is 0 Å². The molecule has 3 aromatic rings. The molecule has 2 heterocycles. The number of anilines is 1. The van der Waals surface area contributed by atoms with Crippen LogP contribution >= 0.6 is 35.4 Å². The Balaban J connectivity index is 1.72. The molecule has 7 nitrogen and oxygen atoms in total. The molecule has 1 fully saturated rings. The van der Waals surface area contributed by atoms with Crippen molar-refractivity contribution in [2.75, 3.05) is 4.90 Å². The van der Waals surface area contributed by atoms with Crippen LogP contribution in [0.2, 0.25) is 10.0 Å². The maximum atomic E-state index is 13.1. The Morgan fingerprint density at radius 3 is 2.56 bits per heavy atom. The Labute approximate surface area is 196 Å². The Hall–Kier alpha value is -3.46. The number of nitrogens with zero attached hydrogens (tertiary/aromatic N) is 1. The van der Waals surface area contributed by atoms with Crippen LogP contribution in [0.3, 0.4) is 0 Å². The van der Waals surface area contributed by atoms with Crippen LogP contribution in [0.4, 0.5) is 5.69 Å². The van der Waals surface area contributed by atoms with Gasteiger partial charge in [0.15, 0.2) is 5.11 Å². The number of hydrogen-bond acceptors (Lipinski definition) is 6. The van der Waals surface area contributed by atoms with E-state index in [0.717, 1.165) is 4.90 Å². The summed E-state index contributed by atoms with van der Waals surface area (Å²) in [4.78, 5) is 38.0. The van der Waals surface area contributed by atoms with Crippen LogP contribution in [0.15, 0.2) is 64.6 Å². The lowest BCUT2D eigenvalue weighted by Gasteiger charge is -2.29. The fourth-order valence-electron chi connectivity index (χ4n) is 3.13. The van der Waals surface area contributed by atoms with E-state index in [9.17, 15) is 19.5 Å². The molecule has 0 radical (unpaired) electrons. The number of carbonyl (C=O) groups excluding carboxylic acids is 3. The summed E-state index contributed by atoms with van der Waals surface area (Å²) < 4.78 is 5.67. The Morgan fingerprint density at radius 1 is 1.06 bits per heavy atom. The summed E-state index contributed by atoms with van der Waals surface area (Å²) in [6.45, 7) is 0. The Morgan fingerprint density at radius 2 is 1.81 bits per heavy atom. The maximum Gasteiger partial charge on any atom is 0.270 e. The number of thiocarbonyl (C=S) groups is 1. The molecule has 1 saturated heterocycles. The number of furan rings is 1. The summed E-state index contributed by atoms with van der Waals surface area (Å²) in [5.41, 5.74) is 0.191. The molecule has 4 rings (SSSR count). The summed E-state index contributed by atoms with van der Waals surface area (Å²) in [5, 5.41) is 14.0. The van der Waals surface area contributed by atoms with Crippen molar-refractivity contribution < 1.29 is 23.9 Å². The number of amides is 2. The minimum Gasteiger partial charge on any atom is -0.545 e. The van der Waals surface area contributed by atoms with E-state index in [1.54, 1.807) is 30.3 Å². The number of rotatable bonds is 4. The van der Waals surface area contributed by atoms with Gasteiger partial charge in [-0.3, -0.25) is 19.8 Å². The van der Waals surface area contributed by atoms with Crippen LogP contribution in [-0.2, 0) is 9.59 Å². The predicted octanol–water partition coefficient (Wildman–Crippen LogP) is 3.45. The number of carboxylic acids is 1. The van der Waals surface area contributed by atoms with Gasteiger partial charge in [0.1, 0.15) is 17.1 Å². The number of nitrogens with one attached hydrogen (secondary N) is 1. The van der Waals surface area contributed by atoms with Gasteiger partial charge in [0.05, 0.1) is 21.7 Å². The molecule has 2 aromatic carbocycles. The average molecular weight is 486 g/mol. The van der Waals surface area contributed by atoms with Gasteiger partial charge in [0, 0.05) is 11.1 Å². The maximum absolute atomic E-state index is 13.1. The van der Waals surface area contributed by atoms with E-state index in [4.69, 9.17) is 39.8 Å². The topological polar surface area (TPSA) is 103 Å². The van der Waals surface area contributed by atoms with Gasteiger partial charge in [-0.1, -0.05) is 53.5 Å². The van der Waals surface area contributed by atoms with Crippen molar-refractivity contribution in [2.24, 2.45) is 0 Å². The van der Waals surface area contributed by atoms with Crippen molar-refractivity contribution in [2.45, 2.75) is 0 Å². The van der Waals surface area contributed by atoms with Gasteiger partial charge in [0.25, 0.3) is 11.8 Å². The number of benzene rings is 2. The van der Waals surface area contributed by atoms with Crippen LogP contribution < -0.4 is 15.3 Å². The normalized spacial score (nSPS) is 15.2. The summed E-state index contributed by atoms with van der Waals surface area (Å²) in [6, 6.07) is 13.8. The third kappa shape index (κ3) is 3.91. The lowest BCUT2D eigenvalue weighted by Crippen LogP contribution is -2.54. The summed E-state index contributed by atoms with van der Waals surface area (Å²) >= 11 is 17.4. The first-order valence-electron chi connectivity index (χ1n) is 9.04. The lowest BCUT2D eigenvalue weighted by molar-refractivity contribution is -0.255. The van der Waals surface area contributed by atoms with Gasteiger partial charge < -0.3 is 14.3 Å². The molecule has 0 bridgehead atoms. The van der Waals surface area contributed by atoms with Gasteiger partial charge in [-0.15, -0.1) is 0 Å². The zero-order chi connectivity index (χ0) is 23.0. The van der Waals surface area contributed by atoms with E-state index >= 15 is 0 Å². The van der Waals surface area contributed by atoms with E-state index in [0.29, 0.717) is 5.56 Å². The largest absolute Gasteiger partial charge is 0.545 e. The zero-order valence-corrected chi connectivity index (χ0v) is 18.3. The van der Waals surface area contributed by atoms with Crippen LogP contribution in [0.5, 0.6) is 0 Å². The van der Waals surface area contributed by atoms with Crippen molar-refractivity contribution in [3.05, 3.63) is 81.5 Å². The van der Waals surface area contributed by atoms with Crippen LogP contribution in [-0.4, -0.2) is 22.9 Å². The molecular formula is C22H11Cl2N2O5S-. The van der Waals surface area contributed by atoms with E-state index in [-0.39, 0.29) is 43.5 Å². The second-order valence-corrected chi connectivity index (χ2v) is 7.74. The molecule has 0 aliphatic carbocycles. The minimum absolute atomic E-state index is 0.0559. The number of carbonyl (C=O) groups is 3. The van der Waals surface area contributed by atoms with Gasteiger partial charge in [-0.05, 0) is 42.6 Å². The van der Waals surface area contributed by atoms with Gasteiger partial charge in [-0.2, -0.15) is 0 Å². The second-order valence-electron chi connectivity index (χ2n) is 6.57. The summed E-state index contributed by atoms with van der Waals surface area (Å²) in [6.07, 6.45) is 1.23. The minimum atomic E-state index is -1.36. The van der Waals surface area contributed by atoms with E-state index in [1.807, 2.05) is 0 Å². The highest BCUT2D eigenvalue weighted by Gasteiger charge is 2.36. The first-order chi connectivity index (χ1) is 15.3. The molecule has 2 amide bonds. The highest BCUT2D eigenvalue weighted by molar-refractivity contribution is 7.80. The number of carboxylic acid groups (broad SMARTS) is 1. The molecule has 0 atom stereocenters. The van der Waals surface area contributed by atoms with Crippen molar-refractivity contribution in [3.8, 4) is 11.3 Å². The average Bonchev–Trinajstić information content (AvgIpc) is 3.22. The number of hydrogen-bond donors (Lipinski definition) is 1. The smallest absolute Gasteiger partial charge is 0.270 e. The molecule has 0 spiro atoms. The van der Waals surface area contributed by atoms with Gasteiger partial charge in [-0.25, -0.2) is 0 Å². The predicted molar refractivity (Wildman–Crippen MR) is 121 cm³/mol. The lowest BCUT2D eigenvalue weighted by atomic mass is 10.1. The molecule has 10 heteroatoms. The summed E-state index contributed by atoms with van der Waals surface area (Å²) in [7, 11) is 0. The van der Waals surface area contributed by atoms with Crippen molar-refractivity contribution in [1.29, 1.82) is 0 Å². The quantitative estimate of drug-likeness (QED) is 0.344. The Kier molecular flexibility index (Phi) is 5.84. The van der Waals surface area contributed by atoms with Gasteiger partial charge >= 0.3 is 0 Å².